The fraction of sp³-hybridized carbons (Fsp3) is 0.469. The Morgan fingerprint density at radius 2 is 1.64 bits per heavy atom. The van der Waals surface area contributed by atoms with Gasteiger partial charge in [0, 0.05) is 17.7 Å². The van der Waals surface area contributed by atoms with Crippen LogP contribution in [0, 0.1) is 5.92 Å². The maximum absolute atomic E-state index is 12.2. The minimum Gasteiger partial charge on any atom is -0.480 e. The summed E-state index contributed by atoms with van der Waals surface area (Å²) in [6.07, 6.45) is 5.01. The van der Waals surface area contributed by atoms with Crippen molar-refractivity contribution >= 4 is 18.0 Å². The number of benzene rings is 2. The molecule has 1 fully saturated rings. The number of nitrogens with zero attached hydrogens (tertiary/aromatic N) is 3. The number of H-pyrrole nitrogens is 1. The summed E-state index contributed by atoms with van der Waals surface area (Å²) in [4.78, 5) is 36.5. The number of unbranched alkanes of at least 4 members (excludes halogenated alkanes) is 3. The van der Waals surface area contributed by atoms with Crippen LogP contribution in [0.4, 0.5) is 4.79 Å². The minimum atomic E-state index is -1.02. The summed E-state index contributed by atoms with van der Waals surface area (Å²) < 4.78 is 5.15. The molecule has 42 heavy (non-hydrogen) atoms. The van der Waals surface area contributed by atoms with E-state index in [1.165, 1.54) is 10.5 Å². The Kier molecular flexibility index (Phi) is 13.0. The number of aromatic amines is 1. The summed E-state index contributed by atoms with van der Waals surface area (Å²) in [7, 11) is 0. The maximum atomic E-state index is 12.2. The molecule has 3 aromatic rings. The van der Waals surface area contributed by atoms with Gasteiger partial charge < -0.3 is 20.1 Å². The summed E-state index contributed by atoms with van der Waals surface area (Å²) in [5, 5.41) is 23.0. The largest absolute Gasteiger partial charge is 0.480 e. The second-order valence-corrected chi connectivity index (χ2v) is 11.1. The zero-order valence-electron chi connectivity index (χ0n) is 24.8. The number of nitrogens with one attached hydrogen (secondary N) is 2. The Morgan fingerprint density at radius 3 is 2.36 bits per heavy atom. The second-order valence-electron chi connectivity index (χ2n) is 11.1. The molecule has 1 saturated heterocycles. The lowest BCUT2D eigenvalue weighted by Gasteiger charge is -2.21. The topological polar surface area (TPSA) is 138 Å². The van der Waals surface area contributed by atoms with Gasteiger partial charge in [0.15, 0.2) is 0 Å². The van der Waals surface area contributed by atoms with Crippen LogP contribution in [-0.4, -0.2) is 69.1 Å². The number of amides is 2. The van der Waals surface area contributed by atoms with Gasteiger partial charge in [-0.1, -0.05) is 82.1 Å². The summed E-state index contributed by atoms with van der Waals surface area (Å²) >= 11 is 0. The fourth-order valence-electron chi connectivity index (χ4n) is 4.68. The molecule has 0 saturated carbocycles. The van der Waals surface area contributed by atoms with E-state index >= 15 is 0 Å². The highest BCUT2D eigenvalue weighted by Crippen LogP contribution is 2.28. The molecule has 1 aliphatic heterocycles. The molecule has 2 amide bonds. The Balaban J connectivity index is 0.00000114. The lowest BCUT2D eigenvalue weighted by atomic mass is 10.0. The van der Waals surface area contributed by atoms with Crippen LogP contribution in [-0.2, 0) is 20.7 Å². The summed E-state index contributed by atoms with van der Waals surface area (Å²) in [5.74, 6) is -0.589. The lowest BCUT2D eigenvalue weighted by molar-refractivity contribution is -0.147. The number of hydrogen-bond acceptors (Lipinski definition) is 6. The first-order valence-corrected chi connectivity index (χ1v) is 14.7. The quantitative estimate of drug-likeness (QED) is 0.235. The van der Waals surface area contributed by atoms with Gasteiger partial charge in [-0.2, -0.15) is 15.4 Å². The maximum Gasteiger partial charge on any atom is 0.407 e. The molecular formula is C32H43N5O5. The zero-order valence-corrected chi connectivity index (χ0v) is 24.8. The van der Waals surface area contributed by atoms with E-state index < -0.39 is 24.0 Å². The van der Waals surface area contributed by atoms with E-state index in [4.69, 9.17) is 9.84 Å². The number of carboxylic acids is 1. The first-order chi connectivity index (χ1) is 20.3. The predicted molar refractivity (Wildman–Crippen MR) is 162 cm³/mol. The van der Waals surface area contributed by atoms with Gasteiger partial charge in [0.1, 0.15) is 24.0 Å². The van der Waals surface area contributed by atoms with Crippen LogP contribution >= 0.6 is 0 Å². The molecule has 0 spiro atoms. The molecule has 0 aliphatic carbocycles. The minimum absolute atomic E-state index is 0.261. The number of carbonyl (C=O) groups is 3. The van der Waals surface area contributed by atoms with Crippen molar-refractivity contribution in [3.63, 3.8) is 0 Å². The third-order valence-corrected chi connectivity index (χ3v) is 6.63. The normalized spacial score (nSPS) is 14.3. The highest BCUT2D eigenvalue weighted by Gasteiger charge is 2.33. The van der Waals surface area contributed by atoms with Crippen LogP contribution in [0.1, 0.15) is 64.9 Å². The van der Waals surface area contributed by atoms with Crippen LogP contribution in [0.25, 0.3) is 22.5 Å². The number of likely N-dealkylation sites (tertiary alicyclic amines) is 1. The van der Waals surface area contributed by atoms with Crippen LogP contribution < -0.4 is 5.32 Å². The van der Waals surface area contributed by atoms with Gasteiger partial charge in [-0.25, -0.2) is 9.59 Å². The van der Waals surface area contributed by atoms with Crippen molar-refractivity contribution in [2.75, 3.05) is 19.7 Å². The van der Waals surface area contributed by atoms with Gasteiger partial charge in [-0.3, -0.25) is 4.79 Å². The number of aliphatic carboxylic acids is 1. The van der Waals surface area contributed by atoms with Gasteiger partial charge in [-0.15, -0.1) is 0 Å². The van der Waals surface area contributed by atoms with Crippen molar-refractivity contribution in [1.82, 2.24) is 25.6 Å². The molecule has 1 unspecified atom stereocenters. The average molecular weight is 578 g/mol. The highest BCUT2D eigenvalue weighted by atomic mass is 16.5. The van der Waals surface area contributed by atoms with E-state index in [9.17, 15) is 14.4 Å². The van der Waals surface area contributed by atoms with Crippen LogP contribution in [0.2, 0.25) is 0 Å². The second kappa shape index (κ2) is 16.9. The van der Waals surface area contributed by atoms with Crippen molar-refractivity contribution in [3.8, 4) is 22.5 Å². The Morgan fingerprint density at radius 1 is 0.976 bits per heavy atom. The third-order valence-electron chi connectivity index (χ3n) is 6.63. The first-order valence-electron chi connectivity index (χ1n) is 14.7. The van der Waals surface area contributed by atoms with E-state index in [1.54, 1.807) is 0 Å². The number of rotatable bonds is 12. The summed E-state index contributed by atoms with van der Waals surface area (Å²) in [6, 6.07) is 17.5. The molecule has 1 aromatic heterocycles. The molecule has 2 aromatic carbocycles. The van der Waals surface area contributed by atoms with Gasteiger partial charge in [0.25, 0.3) is 0 Å². The average Bonchev–Trinajstić information content (AvgIpc) is 3.67. The van der Waals surface area contributed by atoms with Crippen molar-refractivity contribution < 1.29 is 24.2 Å². The van der Waals surface area contributed by atoms with Gasteiger partial charge >= 0.3 is 12.1 Å². The van der Waals surface area contributed by atoms with Gasteiger partial charge in [-0.05, 0) is 49.7 Å². The molecule has 0 radical (unpaired) electrons. The van der Waals surface area contributed by atoms with Gasteiger partial charge in [0.05, 0.1) is 6.61 Å². The Labute approximate surface area is 247 Å². The third kappa shape index (κ3) is 10.3. The molecule has 4 rings (SSSR count). The molecule has 1 atom stereocenters. The van der Waals surface area contributed by atoms with E-state index in [1.807, 2.05) is 42.5 Å². The SMILES string of the molecule is CC(C)C.O=C(NCC(=O)N1CCCC1C(=O)O)OCCCCCCc1cccc(-c2n[nH]nc2-c2ccccc2)c1. The molecule has 226 valence electrons. The molecule has 3 N–H and O–H groups in total. The summed E-state index contributed by atoms with van der Waals surface area (Å²) in [6.45, 7) is 6.90. The molecule has 2 heterocycles. The van der Waals surface area contributed by atoms with E-state index in [0.29, 0.717) is 19.4 Å². The monoisotopic (exact) mass is 577 g/mol. The molecule has 0 bridgehead atoms. The first kappa shape index (κ1) is 32.3. The summed E-state index contributed by atoms with van der Waals surface area (Å²) in [5.41, 5.74) is 4.93. The van der Waals surface area contributed by atoms with Crippen LogP contribution in [0.5, 0.6) is 0 Å². The Bertz CT molecular complexity index is 1270. The van der Waals surface area contributed by atoms with Crippen molar-refractivity contribution in [3.05, 3.63) is 60.2 Å². The Hall–Kier alpha value is -4.21. The number of hydrogen-bond donors (Lipinski definition) is 3. The standard InChI is InChI=1S/C28H33N5O5.C4H10/c34-24(33-16-9-15-23(33)27(35)36)19-29-28(37)38-17-7-2-1-4-10-20-11-8-14-22(18-20)26-25(30-32-31-26)21-12-5-3-6-13-21;1-4(2)3/h3,5-6,8,11-14,18,23H,1-2,4,7,9-10,15-17,19H2,(H,29,37)(H,35,36)(H,30,31,32);4H,1-3H3. The lowest BCUT2D eigenvalue weighted by Crippen LogP contribution is -2.45. The van der Waals surface area contributed by atoms with Crippen molar-refractivity contribution in [1.29, 1.82) is 0 Å². The fourth-order valence-corrected chi connectivity index (χ4v) is 4.68. The van der Waals surface area contributed by atoms with Crippen molar-refractivity contribution in [2.45, 2.75) is 71.8 Å². The number of alkyl carbamates (subject to hydrolysis) is 1. The molecular weight excluding hydrogens is 534 g/mol. The predicted octanol–water partition coefficient (Wildman–Crippen LogP) is 5.71. The number of carboxylic acid groups (broad SMARTS) is 1. The highest BCUT2D eigenvalue weighted by molar-refractivity contribution is 5.87. The zero-order chi connectivity index (χ0) is 30.3. The van der Waals surface area contributed by atoms with Crippen LogP contribution in [0.15, 0.2) is 54.6 Å². The number of aromatic nitrogens is 3. The number of carbonyl (C=O) groups excluding carboxylic acids is 2. The number of ether oxygens (including phenoxy) is 1. The molecule has 10 nitrogen and oxygen atoms in total. The van der Waals surface area contributed by atoms with E-state index in [0.717, 1.165) is 60.5 Å². The van der Waals surface area contributed by atoms with Crippen LogP contribution in [0.3, 0.4) is 0 Å². The van der Waals surface area contributed by atoms with Crippen molar-refractivity contribution in [2.24, 2.45) is 5.92 Å². The molecule has 10 heteroatoms. The van der Waals surface area contributed by atoms with E-state index in [2.05, 4.69) is 53.6 Å². The smallest absolute Gasteiger partial charge is 0.407 e. The van der Waals surface area contributed by atoms with Gasteiger partial charge in [0.2, 0.25) is 5.91 Å². The molecule has 1 aliphatic rings. The number of aryl methyl sites for hydroxylation is 1. The van der Waals surface area contributed by atoms with E-state index in [-0.39, 0.29) is 13.2 Å².